The lowest BCUT2D eigenvalue weighted by Gasteiger charge is -2.41. The molecule has 0 saturated carbocycles. The maximum Gasteiger partial charge on any atom is 0.257 e. The number of hydrogen-bond acceptors (Lipinski definition) is 3. The molecule has 2 atom stereocenters. The molecule has 0 bridgehead atoms. The zero-order chi connectivity index (χ0) is 14.1. The molecule has 4 heteroatoms. The van der Waals surface area contributed by atoms with Crippen molar-refractivity contribution in [1.82, 2.24) is 4.98 Å². The van der Waals surface area contributed by atoms with Crippen LogP contribution in [0.2, 0.25) is 0 Å². The summed E-state index contributed by atoms with van der Waals surface area (Å²) < 4.78 is 0. The summed E-state index contributed by atoms with van der Waals surface area (Å²) in [6, 6.07) is 10.5. The van der Waals surface area contributed by atoms with Crippen molar-refractivity contribution in [1.29, 1.82) is 0 Å². The summed E-state index contributed by atoms with van der Waals surface area (Å²) in [5.74, 6) is 0.899. The molecule has 0 radical (unpaired) electrons. The molecule has 2 unspecified atom stereocenters. The number of pyridine rings is 1. The summed E-state index contributed by atoms with van der Waals surface area (Å²) in [7, 11) is 0. The number of piperidine rings is 1. The van der Waals surface area contributed by atoms with Gasteiger partial charge in [0, 0.05) is 24.0 Å². The summed E-state index contributed by atoms with van der Waals surface area (Å²) in [4.78, 5) is 17.5. The Morgan fingerprint density at radius 3 is 2.95 bits per heavy atom. The van der Waals surface area contributed by atoms with E-state index in [-0.39, 0.29) is 5.56 Å². The Hall–Kier alpha value is -1.81. The molecule has 20 heavy (non-hydrogen) atoms. The van der Waals surface area contributed by atoms with Crippen LogP contribution in [0.1, 0.15) is 26.2 Å². The minimum Gasteiger partial charge on any atom is -0.351 e. The van der Waals surface area contributed by atoms with Gasteiger partial charge in [-0.05, 0) is 43.7 Å². The van der Waals surface area contributed by atoms with Gasteiger partial charge in [0.2, 0.25) is 0 Å². The van der Waals surface area contributed by atoms with Crippen LogP contribution in [0.15, 0.2) is 35.1 Å². The minimum atomic E-state index is -0.0216. The van der Waals surface area contributed by atoms with Crippen LogP contribution in [0, 0.1) is 0 Å². The van der Waals surface area contributed by atoms with Crippen LogP contribution < -0.4 is 16.2 Å². The van der Waals surface area contributed by atoms with Crippen LogP contribution >= 0.6 is 0 Å². The second-order valence-corrected chi connectivity index (χ2v) is 5.65. The normalized spacial score (nSPS) is 23.2. The molecule has 1 aromatic heterocycles. The summed E-state index contributed by atoms with van der Waals surface area (Å²) >= 11 is 0. The number of anilines is 1. The number of nitrogens with two attached hydrogens (primary N) is 1. The number of nitrogens with zero attached hydrogens (tertiary/aromatic N) is 1. The zero-order valence-electron chi connectivity index (χ0n) is 11.8. The van der Waals surface area contributed by atoms with Gasteiger partial charge in [0.05, 0.1) is 0 Å². The van der Waals surface area contributed by atoms with Crippen molar-refractivity contribution in [2.24, 2.45) is 5.73 Å². The average molecular weight is 271 g/mol. The standard InChI is InChI=1S/C16H21N3O/c1-11-5-4-7-13(10-17)19(11)15-9-12-6-2-3-8-14(12)16(20)18-15/h2-3,6,8-9,11,13H,4-5,7,10,17H2,1H3,(H,18,20). The zero-order valence-corrected chi connectivity index (χ0v) is 11.8. The molecule has 1 fully saturated rings. The van der Waals surface area contributed by atoms with E-state index in [1.54, 1.807) is 0 Å². The van der Waals surface area contributed by atoms with Crippen molar-refractivity contribution in [3.63, 3.8) is 0 Å². The average Bonchev–Trinajstić information content (AvgIpc) is 2.46. The fourth-order valence-corrected chi connectivity index (χ4v) is 3.29. The monoisotopic (exact) mass is 271 g/mol. The van der Waals surface area contributed by atoms with E-state index in [0.29, 0.717) is 18.6 Å². The van der Waals surface area contributed by atoms with Gasteiger partial charge in [-0.1, -0.05) is 18.2 Å². The number of hydrogen-bond donors (Lipinski definition) is 2. The molecule has 1 aliphatic rings. The van der Waals surface area contributed by atoms with E-state index in [2.05, 4.69) is 22.9 Å². The first kappa shape index (κ1) is 13.2. The lowest BCUT2D eigenvalue weighted by atomic mass is 9.96. The van der Waals surface area contributed by atoms with Gasteiger partial charge >= 0.3 is 0 Å². The maximum absolute atomic E-state index is 12.2. The molecule has 106 valence electrons. The summed E-state index contributed by atoms with van der Waals surface area (Å²) in [6.07, 6.45) is 3.44. The molecule has 3 rings (SSSR count). The van der Waals surface area contributed by atoms with Crippen molar-refractivity contribution in [3.05, 3.63) is 40.7 Å². The summed E-state index contributed by atoms with van der Waals surface area (Å²) in [6.45, 7) is 2.83. The van der Waals surface area contributed by atoms with Gasteiger partial charge in [-0.15, -0.1) is 0 Å². The summed E-state index contributed by atoms with van der Waals surface area (Å²) in [5.41, 5.74) is 5.89. The Morgan fingerprint density at radius 2 is 2.15 bits per heavy atom. The van der Waals surface area contributed by atoms with E-state index in [0.717, 1.165) is 29.4 Å². The third-order valence-corrected chi connectivity index (χ3v) is 4.32. The third kappa shape index (κ3) is 2.20. The predicted molar refractivity (Wildman–Crippen MR) is 83.2 cm³/mol. The van der Waals surface area contributed by atoms with Crippen molar-refractivity contribution in [2.45, 2.75) is 38.3 Å². The third-order valence-electron chi connectivity index (χ3n) is 4.32. The lowest BCUT2D eigenvalue weighted by Crippen LogP contribution is -2.49. The van der Waals surface area contributed by atoms with E-state index in [1.807, 2.05) is 24.3 Å². The first-order valence-corrected chi connectivity index (χ1v) is 7.31. The highest BCUT2D eigenvalue weighted by atomic mass is 16.1. The van der Waals surface area contributed by atoms with E-state index < -0.39 is 0 Å². The Morgan fingerprint density at radius 1 is 1.35 bits per heavy atom. The molecule has 0 aliphatic carbocycles. The van der Waals surface area contributed by atoms with Gasteiger partial charge in [-0.25, -0.2) is 0 Å². The Labute approximate surface area is 118 Å². The van der Waals surface area contributed by atoms with Crippen LogP contribution in [0.5, 0.6) is 0 Å². The summed E-state index contributed by atoms with van der Waals surface area (Å²) in [5, 5.41) is 1.73. The Kier molecular flexibility index (Phi) is 3.49. The van der Waals surface area contributed by atoms with Crippen molar-refractivity contribution >= 4 is 16.6 Å². The smallest absolute Gasteiger partial charge is 0.257 e. The molecular formula is C16H21N3O. The number of benzene rings is 1. The van der Waals surface area contributed by atoms with Gasteiger partial charge in [0.1, 0.15) is 5.82 Å². The molecule has 3 N–H and O–H groups in total. The fraction of sp³-hybridized carbons (Fsp3) is 0.438. The molecule has 4 nitrogen and oxygen atoms in total. The molecular weight excluding hydrogens is 250 g/mol. The number of aromatic nitrogens is 1. The van der Waals surface area contributed by atoms with Gasteiger partial charge in [0.15, 0.2) is 0 Å². The van der Waals surface area contributed by atoms with E-state index in [4.69, 9.17) is 5.73 Å². The van der Waals surface area contributed by atoms with Crippen LogP contribution in [0.4, 0.5) is 5.82 Å². The molecule has 1 saturated heterocycles. The molecule has 2 heterocycles. The molecule has 1 aromatic carbocycles. The quantitative estimate of drug-likeness (QED) is 0.880. The largest absolute Gasteiger partial charge is 0.351 e. The Bertz CT molecular complexity index is 664. The Balaban J connectivity index is 2.10. The fourth-order valence-electron chi connectivity index (χ4n) is 3.29. The second kappa shape index (κ2) is 5.29. The van der Waals surface area contributed by atoms with Crippen LogP contribution in [-0.2, 0) is 0 Å². The van der Waals surface area contributed by atoms with Gasteiger partial charge in [-0.2, -0.15) is 0 Å². The molecule has 0 amide bonds. The first-order chi connectivity index (χ1) is 9.70. The highest BCUT2D eigenvalue weighted by Gasteiger charge is 2.27. The highest BCUT2D eigenvalue weighted by molar-refractivity contribution is 5.83. The molecule has 2 aromatic rings. The molecule has 0 spiro atoms. The maximum atomic E-state index is 12.2. The van der Waals surface area contributed by atoms with E-state index >= 15 is 0 Å². The SMILES string of the molecule is CC1CCCC(CN)N1c1cc2ccccc2c(=O)[nH]1. The number of rotatable bonds is 2. The first-order valence-electron chi connectivity index (χ1n) is 7.31. The predicted octanol–water partition coefficient (Wildman–Crippen LogP) is 2.23. The van der Waals surface area contributed by atoms with Crippen LogP contribution in [0.3, 0.4) is 0 Å². The van der Waals surface area contributed by atoms with Crippen molar-refractivity contribution in [3.8, 4) is 0 Å². The molecule has 1 aliphatic heterocycles. The topological polar surface area (TPSA) is 62.1 Å². The van der Waals surface area contributed by atoms with E-state index in [1.165, 1.54) is 6.42 Å². The number of aromatic amines is 1. The van der Waals surface area contributed by atoms with Crippen molar-refractivity contribution < 1.29 is 0 Å². The number of nitrogens with one attached hydrogen (secondary N) is 1. The van der Waals surface area contributed by atoms with Crippen LogP contribution in [-0.4, -0.2) is 23.6 Å². The number of H-pyrrole nitrogens is 1. The lowest BCUT2D eigenvalue weighted by molar-refractivity contribution is 0.398. The van der Waals surface area contributed by atoms with Gasteiger partial charge in [0.25, 0.3) is 5.56 Å². The highest BCUT2D eigenvalue weighted by Crippen LogP contribution is 2.28. The second-order valence-electron chi connectivity index (χ2n) is 5.65. The number of fused-ring (bicyclic) bond motifs is 1. The minimum absolute atomic E-state index is 0.0216. The van der Waals surface area contributed by atoms with E-state index in [9.17, 15) is 4.79 Å². The van der Waals surface area contributed by atoms with Gasteiger partial charge in [-0.3, -0.25) is 4.79 Å². The van der Waals surface area contributed by atoms with Gasteiger partial charge < -0.3 is 15.6 Å². The van der Waals surface area contributed by atoms with Crippen molar-refractivity contribution in [2.75, 3.05) is 11.4 Å². The van der Waals surface area contributed by atoms with Crippen LogP contribution in [0.25, 0.3) is 10.8 Å².